The van der Waals surface area contributed by atoms with E-state index in [-0.39, 0.29) is 35.3 Å². The van der Waals surface area contributed by atoms with E-state index < -0.39 is 63.9 Å². The molecule has 0 saturated heterocycles. The summed E-state index contributed by atoms with van der Waals surface area (Å²) in [6, 6.07) is 6.18. The molecule has 6 N–H and O–H groups in total. The van der Waals surface area contributed by atoms with Crippen molar-refractivity contribution in [3.63, 3.8) is 0 Å². The molecule has 3 aliphatic carbocycles. The standard InChI is InChI=1S/C29H27FN2O7/c1-4-12-9-13(5-7-18(12)30)15-6-8-19(33)21-16(15)10-14-11-17-23(32(2)3)25(35)22(28(31)38)27(37)29(17,39)26(36)20(14)24(21)34/h4-9,14,17,23,33-34,37,39H,1,10-11H2,2-3H3,(H2,31,38)/t14-,17-,23-,29-/m1/s1. The van der Waals surface area contributed by atoms with Crippen LogP contribution >= 0.6 is 0 Å². The number of rotatable bonds is 4. The Kier molecular flexibility index (Phi) is 6.00. The lowest BCUT2D eigenvalue weighted by molar-refractivity contribution is -0.153. The maximum Gasteiger partial charge on any atom is 0.255 e. The van der Waals surface area contributed by atoms with Gasteiger partial charge in [0.2, 0.25) is 5.78 Å². The molecule has 2 aromatic carbocycles. The first-order valence-corrected chi connectivity index (χ1v) is 12.3. The Balaban J connectivity index is 1.74. The maximum absolute atomic E-state index is 14.1. The van der Waals surface area contributed by atoms with E-state index in [1.54, 1.807) is 18.2 Å². The van der Waals surface area contributed by atoms with Gasteiger partial charge in [0.25, 0.3) is 5.91 Å². The number of fused-ring (bicyclic) bond motifs is 3. The Morgan fingerprint density at radius 1 is 1.18 bits per heavy atom. The second-order valence-electron chi connectivity index (χ2n) is 10.4. The number of phenolic OH excluding ortho intramolecular Hbond substituents is 1. The number of amides is 1. The highest BCUT2D eigenvalue weighted by molar-refractivity contribution is 6.24. The van der Waals surface area contributed by atoms with Crippen molar-refractivity contribution >= 4 is 29.3 Å². The summed E-state index contributed by atoms with van der Waals surface area (Å²) in [5.41, 5.74) is 3.41. The van der Waals surface area contributed by atoms with Gasteiger partial charge in [-0.15, -0.1) is 0 Å². The third-order valence-corrected chi connectivity index (χ3v) is 8.13. The zero-order valence-corrected chi connectivity index (χ0v) is 21.2. The number of aliphatic hydroxyl groups is 3. The lowest BCUT2D eigenvalue weighted by atomic mass is 9.57. The number of halogens is 1. The lowest BCUT2D eigenvalue weighted by Crippen LogP contribution is -2.65. The number of aromatic hydroxyl groups is 1. The molecular weight excluding hydrogens is 507 g/mol. The minimum atomic E-state index is -2.70. The SMILES string of the molecule is C=Cc1cc(-c2ccc(O)c3c2C[C@@H]2C[C@@H]4[C@@H](N(C)C)C(=O)C(C(N)=O)=C(O)[C@]4(O)C(=O)C2=C3O)ccc1F. The largest absolute Gasteiger partial charge is 0.508 e. The molecule has 0 radical (unpaired) electrons. The lowest BCUT2D eigenvalue weighted by Gasteiger charge is -2.50. The molecule has 0 aliphatic heterocycles. The number of ketones is 2. The third-order valence-electron chi connectivity index (χ3n) is 8.13. The molecular formula is C29H27FN2O7. The molecule has 0 spiro atoms. The Hall–Kier alpha value is -4.28. The smallest absolute Gasteiger partial charge is 0.255 e. The molecule has 0 bridgehead atoms. The quantitative estimate of drug-likeness (QED) is 0.374. The van der Waals surface area contributed by atoms with Crippen LogP contribution in [0.1, 0.15) is 23.1 Å². The number of Topliss-reactive ketones (excluding diaryl/α,β-unsaturated/α-hetero) is 2. The van der Waals surface area contributed by atoms with Crippen molar-refractivity contribution in [2.24, 2.45) is 17.6 Å². The van der Waals surface area contributed by atoms with Gasteiger partial charge < -0.3 is 26.2 Å². The summed E-state index contributed by atoms with van der Waals surface area (Å²) >= 11 is 0. The summed E-state index contributed by atoms with van der Waals surface area (Å²) in [6.45, 7) is 3.62. The first-order chi connectivity index (χ1) is 18.3. The van der Waals surface area contributed by atoms with Crippen molar-refractivity contribution in [1.29, 1.82) is 0 Å². The van der Waals surface area contributed by atoms with E-state index in [0.29, 0.717) is 16.7 Å². The zero-order chi connectivity index (χ0) is 28.5. The van der Waals surface area contributed by atoms with Crippen molar-refractivity contribution < 1.29 is 39.2 Å². The molecule has 3 aliphatic rings. The summed E-state index contributed by atoms with van der Waals surface area (Å²) in [5.74, 6) is -7.60. The topological polar surface area (TPSA) is 161 Å². The van der Waals surface area contributed by atoms with Crippen LogP contribution in [0.25, 0.3) is 23.0 Å². The highest BCUT2D eigenvalue weighted by Gasteiger charge is 2.64. The summed E-state index contributed by atoms with van der Waals surface area (Å²) in [6.07, 6.45) is 1.46. The van der Waals surface area contributed by atoms with E-state index in [2.05, 4.69) is 6.58 Å². The number of aliphatic hydroxyl groups excluding tert-OH is 2. The molecule has 2 aromatic rings. The van der Waals surface area contributed by atoms with E-state index >= 15 is 0 Å². The highest BCUT2D eigenvalue weighted by Crippen LogP contribution is 2.53. The molecule has 0 unspecified atom stereocenters. The van der Waals surface area contributed by atoms with Gasteiger partial charge >= 0.3 is 0 Å². The number of nitrogens with zero attached hydrogens (tertiary/aromatic N) is 1. The van der Waals surface area contributed by atoms with Gasteiger partial charge in [0.15, 0.2) is 11.4 Å². The second kappa shape index (κ2) is 8.89. The summed E-state index contributed by atoms with van der Waals surface area (Å²) < 4.78 is 14.1. The maximum atomic E-state index is 14.1. The predicted octanol–water partition coefficient (Wildman–Crippen LogP) is 2.41. The number of benzene rings is 2. The molecule has 10 heteroatoms. The normalized spacial score (nSPS) is 26.3. The van der Waals surface area contributed by atoms with Crippen LogP contribution in [0.2, 0.25) is 0 Å². The highest BCUT2D eigenvalue weighted by atomic mass is 19.1. The number of likely N-dealkylation sites (N-methyl/N-ethyl adjacent to an activating group) is 1. The Bertz CT molecular complexity index is 1560. The molecule has 1 amide bonds. The first kappa shape index (κ1) is 26.3. The average molecular weight is 535 g/mol. The van der Waals surface area contributed by atoms with Gasteiger partial charge in [0.05, 0.1) is 11.6 Å². The zero-order valence-electron chi connectivity index (χ0n) is 21.2. The Labute approximate surface area is 223 Å². The Morgan fingerprint density at radius 3 is 2.49 bits per heavy atom. The molecule has 1 fully saturated rings. The number of hydrogen-bond donors (Lipinski definition) is 5. The van der Waals surface area contributed by atoms with Crippen LogP contribution in [0, 0.1) is 17.7 Å². The van der Waals surface area contributed by atoms with Crippen molar-refractivity contribution in [2.75, 3.05) is 14.1 Å². The minimum absolute atomic E-state index is 0.0256. The van der Waals surface area contributed by atoms with Crippen LogP contribution in [0.15, 0.2) is 53.8 Å². The van der Waals surface area contributed by atoms with Crippen LogP contribution < -0.4 is 5.73 Å². The van der Waals surface area contributed by atoms with Gasteiger partial charge in [-0.2, -0.15) is 0 Å². The van der Waals surface area contributed by atoms with Gasteiger partial charge in [-0.3, -0.25) is 19.3 Å². The predicted molar refractivity (Wildman–Crippen MR) is 140 cm³/mol. The van der Waals surface area contributed by atoms with Crippen molar-refractivity contribution in [1.82, 2.24) is 4.90 Å². The fourth-order valence-corrected chi connectivity index (χ4v) is 6.38. The number of phenols is 1. The molecule has 0 heterocycles. The molecule has 0 aromatic heterocycles. The molecule has 5 rings (SSSR count). The van der Waals surface area contributed by atoms with Crippen molar-refractivity contribution in [2.45, 2.75) is 24.5 Å². The van der Waals surface area contributed by atoms with Crippen molar-refractivity contribution in [3.8, 4) is 16.9 Å². The van der Waals surface area contributed by atoms with E-state index in [9.17, 15) is 39.2 Å². The van der Waals surface area contributed by atoms with E-state index in [0.717, 1.165) is 0 Å². The summed E-state index contributed by atoms with van der Waals surface area (Å²) in [5, 5.41) is 44.7. The number of primary amides is 1. The number of nitrogens with two attached hydrogens (primary N) is 1. The van der Waals surface area contributed by atoms with Gasteiger partial charge in [0, 0.05) is 17.1 Å². The monoisotopic (exact) mass is 534 g/mol. The molecule has 202 valence electrons. The number of carbonyl (C=O) groups excluding carboxylic acids is 3. The second-order valence-corrected chi connectivity index (χ2v) is 10.4. The number of hydrogen-bond acceptors (Lipinski definition) is 8. The van der Waals surface area contributed by atoms with Crippen LogP contribution in [0.5, 0.6) is 5.75 Å². The van der Waals surface area contributed by atoms with E-state index in [4.69, 9.17) is 5.73 Å². The summed E-state index contributed by atoms with van der Waals surface area (Å²) in [7, 11) is 3.07. The van der Waals surface area contributed by atoms with Crippen LogP contribution in [0.4, 0.5) is 4.39 Å². The van der Waals surface area contributed by atoms with Gasteiger partial charge in [-0.1, -0.05) is 24.8 Å². The molecule has 1 saturated carbocycles. The fraction of sp³-hybridized carbons (Fsp3) is 0.276. The fourth-order valence-electron chi connectivity index (χ4n) is 6.38. The van der Waals surface area contributed by atoms with Crippen LogP contribution in [-0.2, 0) is 20.8 Å². The molecule has 9 nitrogen and oxygen atoms in total. The van der Waals surface area contributed by atoms with Crippen LogP contribution in [0.3, 0.4) is 0 Å². The minimum Gasteiger partial charge on any atom is -0.508 e. The van der Waals surface area contributed by atoms with Gasteiger partial charge in [0.1, 0.15) is 28.7 Å². The molecule has 39 heavy (non-hydrogen) atoms. The number of carbonyl (C=O) groups is 3. The third kappa shape index (κ3) is 3.55. The van der Waals surface area contributed by atoms with Crippen molar-refractivity contribution in [3.05, 3.63) is 76.3 Å². The van der Waals surface area contributed by atoms with E-state index in [1.807, 2.05) is 0 Å². The Morgan fingerprint density at radius 2 is 1.87 bits per heavy atom. The van der Waals surface area contributed by atoms with Gasteiger partial charge in [-0.05, 0) is 67.7 Å². The molecule has 4 atom stereocenters. The average Bonchev–Trinajstić information content (AvgIpc) is 2.86. The summed E-state index contributed by atoms with van der Waals surface area (Å²) in [4.78, 5) is 40.6. The van der Waals surface area contributed by atoms with Gasteiger partial charge in [-0.25, -0.2) is 4.39 Å². The first-order valence-electron chi connectivity index (χ1n) is 12.3. The van der Waals surface area contributed by atoms with E-state index in [1.165, 1.54) is 37.2 Å². The van der Waals surface area contributed by atoms with Crippen LogP contribution in [-0.4, -0.2) is 68.5 Å².